The van der Waals surface area contributed by atoms with E-state index in [1.165, 1.54) is 0 Å². The zero-order valence-electron chi connectivity index (χ0n) is 19.1. The topological polar surface area (TPSA) is 95.6 Å². The van der Waals surface area contributed by atoms with Gasteiger partial charge in [0.1, 0.15) is 0 Å². The smallest absolute Gasteiger partial charge is 0.261 e. The molecule has 1 heterocycles. The van der Waals surface area contributed by atoms with Crippen molar-refractivity contribution in [2.75, 3.05) is 17.8 Å². The summed E-state index contributed by atoms with van der Waals surface area (Å²) in [5, 5.41) is 3.04. The summed E-state index contributed by atoms with van der Waals surface area (Å²) >= 11 is 0. The molecule has 0 atom stereocenters. The fourth-order valence-electron chi connectivity index (χ4n) is 4.04. The number of carbonyl (C=O) groups is 2. The van der Waals surface area contributed by atoms with Crippen molar-refractivity contribution in [2.24, 2.45) is 5.92 Å². The Morgan fingerprint density at radius 3 is 2.24 bits per heavy atom. The van der Waals surface area contributed by atoms with Crippen molar-refractivity contribution in [3.8, 4) is 0 Å². The highest BCUT2D eigenvalue weighted by Crippen LogP contribution is 2.25. The van der Waals surface area contributed by atoms with Gasteiger partial charge in [0, 0.05) is 36.3 Å². The maximum atomic E-state index is 13.0. The van der Waals surface area contributed by atoms with E-state index in [9.17, 15) is 18.0 Å². The van der Waals surface area contributed by atoms with Gasteiger partial charge in [-0.3, -0.25) is 14.3 Å². The number of likely N-dealkylation sites (tertiary alicyclic amines) is 1. The van der Waals surface area contributed by atoms with Crippen molar-refractivity contribution in [1.29, 1.82) is 0 Å². The Balaban J connectivity index is 1.39. The van der Waals surface area contributed by atoms with Crippen LogP contribution in [0.2, 0.25) is 0 Å². The lowest BCUT2D eigenvalue weighted by molar-refractivity contribution is -0.126. The largest absolute Gasteiger partial charge is 0.353 e. The summed E-state index contributed by atoms with van der Waals surface area (Å²) in [6, 6.07) is 13.7. The number of amides is 2. The molecular weight excluding hydrogens is 438 g/mol. The number of hydrogen-bond acceptors (Lipinski definition) is 4. The Labute approximate surface area is 195 Å². The van der Waals surface area contributed by atoms with E-state index in [2.05, 4.69) is 23.9 Å². The second-order valence-electron chi connectivity index (χ2n) is 9.26. The summed E-state index contributed by atoms with van der Waals surface area (Å²) in [5.74, 6) is 0.214. The number of hydrogen-bond donors (Lipinski definition) is 2. The van der Waals surface area contributed by atoms with Crippen LogP contribution in [0.3, 0.4) is 0 Å². The van der Waals surface area contributed by atoms with Crippen LogP contribution in [0, 0.1) is 5.92 Å². The molecule has 2 amide bonds. The molecule has 1 saturated carbocycles. The minimum atomic E-state index is -3.76. The van der Waals surface area contributed by atoms with Gasteiger partial charge in [-0.25, -0.2) is 8.42 Å². The molecule has 7 nitrogen and oxygen atoms in total. The minimum absolute atomic E-state index is 0.0464. The third-order valence-corrected chi connectivity index (χ3v) is 7.69. The molecule has 0 unspecified atom stereocenters. The van der Waals surface area contributed by atoms with Gasteiger partial charge in [0.15, 0.2) is 0 Å². The molecule has 2 N–H and O–H groups in total. The van der Waals surface area contributed by atoms with Crippen LogP contribution in [0.4, 0.5) is 5.69 Å². The van der Waals surface area contributed by atoms with E-state index in [0.29, 0.717) is 49.1 Å². The summed E-state index contributed by atoms with van der Waals surface area (Å²) in [6.07, 6.45) is 3.41. The zero-order valence-corrected chi connectivity index (χ0v) is 19.9. The molecule has 0 bridgehead atoms. The number of benzene rings is 2. The molecule has 2 aromatic carbocycles. The van der Waals surface area contributed by atoms with Gasteiger partial charge in [0.05, 0.1) is 4.90 Å². The van der Waals surface area contributed by atoms with Crippen molar-refractivity contribution in [1.82, 2.24) is 10.2 Å². The number of nitrogens with one attached hydrogen (secondary N) is 2. The van der Waals surface area contributed by atoms with E-state index in [-0.39, 0.29) is 22.6 Å². The molecule has 4 rings (SSSR count). The first-order chi connectivity index (χ1) is 15.7. The van der Waals surface area contributed by atoms with Gasteiger partial charge in [-0.05, 0) is 67.5 Å². The Hall–Kier alpha value is -2.87. The predicted octanol–water partition coefficient (Wildman–Crippen LogP) is 3.74. The highest BCUT2D eigenvalue weighted by atomic mass is 32.2. The van der Waals surface area contributed by atoms with Gasteiger partial charge in [0.2, 0.25) is 5.91 Å². The van der Waals surface area contributed by atoms with Gasteiger partial charge in [-0.2, -0.15) is 0 Å². The second-order valence-corrected chi connectivity index (χ2v) is 10.9. The number of nitrogens with zero attached hydrogens (tertiary/aromatic N) is 1. The predicted molar refractivity (Wildman–Crippen MR) is 128 cm³/mol. The van der Waals surface area contributed by atoms with Gasteiger partial charge >= 0.3 is 0 Å². The summed E-state index contributed by atoms with van der Waals surface area (Å²) in [4.78, 5) is 27.2. The Morgan fingerprint density at radius 1 is 0.970 bits per heavy atom. The van der Waals surface area contributed by atoms with E-state index >= 15 is 0 Å². The van der Waals surface area contributed by atoms with Crippen LogP contribution < -0.4 is 10.0 Å². The lowest BCUT2D eigenvalue weighted by atomic mass is 9.95. The summed E-state index contributed by atoms with van der Waals surface area (Å²) in [5.41, 5.74) is 1.83. The van der Waals surface area contributed by atoms with Crippen LogP contribution in [-0.4, -0.2) is 44.3 Å². The molecule has 0 spiro atoms. The van der Waals surface area contributed by atoms with Gasteiger partial charge < -0.3 is 10.2 Å². The first kappa shape index (κ1) is 23.3. The van der Waals surface area contributed by atoms with E-state index in [4.69, 9.17) is 0 Å². The molecule has 176 valence electrons. The molecule has 1 saturated heterocycles. The number of anilines is 1. The zero-order chi connectivity index (χ0) is 23.6. The second kappa shape index (κ2) is 9.55. The van der Waals surface area contributed by atoms with E-state index in [1.54, 1.807) is 41.3 Å². The van der Waals surface area contributed by atoms with Crippen molar-refractivity contribution in [2.45, 2.75) is 56.4 Å². The standard InChI is InChI=1S/C25H31N3O4S/c1-17(2)18-6-10-23(11-7-18)33(31,32)27-22-5-3-4-20(16-22)25(30)28-14-12-19(13-15-28)24(29)26-21-8-9-21/h3-7,10-11,16-17,19,21,27H,8-9,12-15H2,1-2H3,(H,26,29). The number of rotatable bonds is 7. The molecule has 2 fully saturated rings. The van der Waals surface area contributed by atoms with E-state index in [0.717, 1.165) is 18.4 Å². The third-order valence-electron chi connectivity index (χ3n) is 6.30. The fourth-order valence-corrected chi connectivity index (χ4v) is 5.09. The maximum absolute atomic E-state index is 13.0. The van der Waals surface area contributed by atoms with Gasteiger partial charge in [-0.1, -0.05) is 32.0 Å². The van der Waals surface area contributed by atoms with Crippen LogP contribution in [0.25, 0.3) is 0 Å². The average Bonchev–Trinajstić information content (AvgIpc) is 3.62. The van der Waals surface area contributed by atoms with Crippen LogP contribution in [-0.2, 0) is 14.8 Å². The Kier molecular flexibility index (Phi) is 6.74. The van der Waals surface area contributed by atoms with Crippen molar-refractivity contribution >= 4 is 27.5 Å². The molecule has 1 aliphatic carbocycles. The van der Waals surface area contributed by atoms with Crippen molar-refractivity contribution in [3.05, 3.63) is 59.7 Å². The van der Waals surface area contributed by atoms with Crippen LogP contribution in [0.1, 0.15) is 61.4 Å². The summed E-state index contributed by atoms with van der Waals surface area (Å²) in [7, 11) is -3.76. The fraction of sp³-hybridized carbons (Fsp3) is 0.440. The highest BCUT2D eigenvalue weighted by Gasteiger charge is 2.31. The monoisotopic (exact) mass is 469 g/mol. The van der Waals surface area contributed by atoms with Crippen LogP contribution >= 0.6 is 0 Å². The first-order valence-electron chi connectivity index (χ1n) is 11.6. The summed E-state index contributed by atoms with van der Waals surface area (Å²) < 4.78 is 28.2. The molecule has 2 aromatic rings. The summed E-state index contributed by atoms with van der Waals surface area (Å²) in [6.45, 7) is 5.13. The first-order valence-corrected chi connectivity index (χ1v) is 13.0. The normalized spacial score (nSPS) is 17.1. The molecule has 0 aromatic heterocycles. The lowest BCUT2D eigenvalue weighted by Gasteiger charge is -2.31. The Bertz CT molecular complexity index is 1120. The molecular formula is C25H31N3O4S. The third kappa shape index (κ3) is 5.74. The Morgan fingerprint density at radius 2 is 1.64 bits per heavy atom. The van der Waals surface area contributed by atoms with E-state index in [1.807, 2.05) is 12.1 Å². The molecule has 2 aliphatic rings. The maximum Gasteiger partial charge on any atom is 0.261 e. The molecule has 0 radical (unpaired) electrons. The molecule has 1 aliphatic heterocycles. The van der Waals surface area contributed by atoms with Crippen molar-refractivity contribution < 1.29 is 18.0 Å². The van der Waals surface area contributed by atoms with Gasteiger partial charge in [-0.15, -0.1) is 0 Å². The lowest BCUT2D eigenvalue weighted by Crippen LogP contribution is -2.43. The van der Waals surface area contributed by atoms with Gasteiger partial charge in [0.25, 0.3) is 15.9 Å². The quantitative estimate of drug-likeness (QED) is 0.646. The minimum Gasteiger partial charge on any atom is -0.353 e. The molecule has 33 heavy (non-hydrogen) atoms. The number of carbonyl (C=O) groups excluding carboxylic acids is 2. The molecule has 8 heteroatoms. The van der Waals surface area contributed by atoms with Crippen LogP contribution in [0.15, 0.2) is 53.4 Å². The number of sulfonamides is 1. The SMILES string of the molecule is CC(C)c1ccc(S(=O)(=O)Nc2cccc(C(=O)N3CCC(C(=O)NC4CC4)CC3)c2)cc1. The highest BCUT2D eigenvalue weighted by molar-refractivity contribution is 7.92. The number of piperidine rings is 1. The van der Waals surface area contributed by atoms with E-state index < -0.39 is 10.0 Å². The van der Waals surface area contributed by atoms with Crippen LogP contribution in [0.5, 0.6) is 0 Å². The van der Waals surface area contributed by atoms with Crippen molar-refractivity contribution in [3.63, 3.8) is 0 Å². The average molecular weight is 470 g/mol.